The predicted molar refractivity (Wildman–Crippen MR) is 51.8 cm³/mol. The van der Waals surface area contributed by atoms with Crippen molar-refractivity contribution in [1.82, 2.24) is 0 Å². The first kappa shape index (κ1) is 9.64. The minimum absolute atomic E-state index is 0.0701. The topological polar surface area (TPSA) is 69.4 Å². The summed E-state index contributed by atoms with van der Waals surface area (Å²) in [6.45, 7) is 3.46. The molecule has 78 valence electrons. The molecule has 0 amide bonds. The summed E-state index contributed by atoms with van der Waals surface area (Å²) in [4.78, 5) is 21.4. The number of nitrogens with zero attached hydrogens (tertiary/aromatic N) is 1. The molecule has 5 heteroatoms. The van der Waals surface area contributed by atoms with E-state index < -0.39 is 10.3 Å². The number of carbonyl (C=O) groups excluding carboxylic acids is 1. The van der Waals surface area contributed by atoms with E-state index in [1.54, 1.807) is 19.9 Å². The van der Waals surface area contributed by atoms with Crippen LogP contribution in [0, 0.1) is 10.1 Å². The molecule has 0 bridgehead atoms. The number of hydrogen-bond donors (Lipinski definition) is 0. The quantitative estimate of drug-likeness (QED) is 0.304. The van der Waals surface area contributed by atoms with Gasteiger partial charge in [-0.15, -0.1) is 0 Å². The molecule has 0 aromatic heterocycles. The van der Waals surface area contributed by atoms with Crippen LogP contribution in [0.3, 0.4) is 0 Å². The number of ether oxygens (including phenoxy) is 1. The molecule has 1 aliphatic rings. The summed E-state index contributed by atoms with van der Waals surface area (Å²) < 4.78 is 4.97. The highest BCUT2D eigenvalue weighted by Crippen LogP contribution is 2.40. The molecule has 0 fully saturated rings. The molecule has 0 N–H and O–H groups in total. The molecule has 0 aliphatic carbocycles. The highest BCUT2D eigenvalue weighted by molar-refractivity contribution is 5.90. The smallest absolute Gasteiger partial charge is 0.321 e. The second-order valence-electron chi connectivity index (χ2n) is 3.95. The van der Waals surface area contributed by atoms with Crippen LogP contribution in [0.5, 0.6) is 5.75 Å². The van der Waals surface area contributed by atoms with Gasteiger partial charge in [-0.3, -0.25) is 14.9 Å². The number of rotatable bonds is 1. The maximum Gasteiger partial charge on any atom is 0.321 e. The molecule has 1 aromatic rings. The lowest BCUT2D eigenvalue weighted by molar-refractivity contribution is -0.384. The Morgan fingerprint density at radius 1 is 1.40 bits per heavy atom. The molecule has 0 atom stereocenters. The summed E-state index contributed by atoms with van der Waals surface area (Å²) in [7, 11) is 0. The standard InChI is InChI=1S/C10H9NO4/c1-10(2)7-4-3-6(11(13)14)5-8(7)15-9(10)12/h3-5H,1-2H3. The van der Waals surface area contributed by atoms with E-state index in [0.29, 0.717) is 11.3 Å². The third-order valence-corrected chi connectivity index (χ3v) is 2.56. The summed E-state index contributed by atoms with van der Waals surface area (Å²) >= 11 is 0. The van der Waals surface area contributed by atoms with E-state index in [1.165, 1.54) is 12.1 Å². The van der Waals surface area contributed by atoms with Crippen LogP contribution in [0.25, 0.3) is 0 Å². The van der Waals surface area contributed by atoms with Gasteiger partial charge in [0.15, 0.2) is 0 Å². The van der Waals surface area contributed by atoms with Crippen molar-refractivity contribution in [3.63, 3.8) is 0 Å². The van der Waals surface area contributed by atoms with E-state index in [0.717, 1.165) is 0 Å². The fourth-order valence-corrected chi connectivity index (χ4v) is 1.56. The van der Waals surface area contributed by atoms with Gasteiger partial charge < -0.3 is 4.74 Å². The Hall–Kier alpha value is -1.91. The van der Waals surface area contributed by atoms with Crippen molar-refractivity contribution in [3.05, 3.63) is 33.9 Å². The summed E-state index contributed by atoms with van der Waals surface area (Å²) in [5.74, 6) is -0.0859. The van der Waals surface area contributed by atoms with E-state index >= 15 is 0 Å². The highest BCUT2D eigenvalue weighted by atomic mass is 16.6. The Kier molecular flexibility index (Phi) is 1.79. The van der Waals surface area contributed by atoms with Crippen LogP contribution in [0.4, 0.5) is 5.69 Å². The van der Waals surface area contributed by atoms with Gasteiger partial charge >= 0.3 is 5.97 Å². The molecule has 1 heterocycles. The molecular weight excluding hydrogens is 198 g/mol. The lowest BCUT2D eigenvalue weighted by Gasteiger charge is -2.11. The maximum atomic E-state index is 11.4. The second-order valence-corrected chi connectivity index (χ2v) is 3.95. The monoisotopic (exact) mass is 207 g/mol. The lowest BCUT2D eigenvalue weighted by Crippen LogP contribution is -2.25. The second kappa shape index (κ2) is 2.79. The first-order chi connectivity index (χ1) is 6.93. The molecular formula is C10H9NO4. The maximum absolute atomic E-state index is 11.4. The lowest BCUT2D eigenvalue weighted by atomic mass is 9.86. The zero-order chi connectivity index (χ0) is 11.2. The molecule has 1 aromatic carbocycles. The SMILES string of the molecule is CC1(C)C(=O)Oc2cc([N+](=O)[O-])ccc21. The molecule has 15 heavy (non-hydrogen) atoms. The summed E-state index contributed by atoms with van der Waals surface area (Å²) in [5, 5.41) is 10.5. The minimum atomic E-state index is -0.718. The summed E-state index contributed by atoms with van der Waals surface area (Å²) in [6.07, 6.45) is 0. The number of fused-ring (bicyclic) bond motifs is 1. The Morgan fingerprint density at radius 3 is 2.67 bits per heavy atom. The fourth-order valence-electron chi connectivity index (χ4n) is 1.56. The highest BCUT2D eigenvalue weighted by Gasteiger charge is 2.41. The molecule has 0 spiro atoms. The number of esters is 1. The summed E-state index contributed by atoms with van der Waals surface area (Å²) in [6, 6.07) is 4.23. The van der Waals surface area contributed by atoms with Crippen molar-refractivity contribution in [2.75, 3.05) is 0 Å². The predicted octanol–water partition coefficient (Wildman–Crippen LogP) is 1.79. The van der Waals surface area contributed by atoms with Gasteiger partial charge in [-0.25, -0.2) is 0 Å². The zero-order valence-corrected chi connectivity index (χ0v) is 8.31. The first-order valence-corrected chi connectivity index (χ1v) is 4.44. The van der Waals surface area contributed by atoms with Gasteiger partial charge in [-0.1, -0.05) is 0 Å². The van der Waals surface area contributed by atoms with Crippen LogP contribution >= 0.6 is 0 Å². The molecule has 0 radical (unpaired) electrons. The van der Waals surface area contributed by atoms with E-state index in [9.17, 15) is 14.9 Å². The van der Waals surface area contributed by atoms with Crippen molar-refractivity contribution in [2.45, 2.75) is 19.3 Å². The van der Waals surface area contributed by atoms with E-state index in [4.69, 9.17) is 4.74 Å². The number of benzene rings is 1. The third kappa shape index (κ3) is 1.27. The van der Waals surface area contributed by atoms with Crippen molar-refractivity contribution < 1.29 is 14.5 Å². The number of nitro groups is 1. The van der Waals surface area contributed by atoms with Gasteiger partial charge in [-0.2, -0.15) is 0 Å². The van der Waals surface area contributed by atoms with Crippen LogP contribution in [-0.4, -0.2) is 10.9 Å². The minimum Gasteiger partial charge on any atom is -0.425 e. The number of hydrogen-bond acceptors (Lipinski definition) is 4. The van der Waals surface area contributed by atoms with Gasteiger partial charge in [0.25, 0.3) is 5.69 Å². The Morgan fingerprint density at radius 2 is 2.07 bits per heavy atom. The molecule has 0 saturated carbocycles. The zero-order valence-electron chi connectivity index (χ0n) is 8.31. The van der Waals surface area contributed by atoms with Crippen molar-refractivity contribution >= 4 is 11.7 Å². The largest absolute Gasteiger partial charge is 0.425 e. The fraction of sp³-hybridized carbons (Fsp3) is 0.300. The number of non-ortho nitro benzene ring substituents is 1. The van der Waals surface area contributed by atoms with Gasteiger partial charge in [0, 0.05) is 11.6 Å². The average molecular weight is 207 g/mol. The number of nitro benzene ring substituents is 1. The van der Waals surface area contributed by atoms with Crippen LogP contribution in [-0.2, 0) is 10.2 Å². The first-order valence-electron chi connectivity index (χ1n) is 4.44. The van der Waals surface area contributed by atoms with Crippen LogP contribution in [0.2, 0.25) is 0 Å². The van der Waals surface area contributed by atoms with Gasteiger partial charge in [0.05, 0.1) is 16.4 Å². The normalized spacial score (nSPS) is 17.1. The van der Waals surface area contributed by atoms with Gasteiger partial charge in [0.2, 0.25) is 0 Å². The van der Waals surface area contributed by atoms with Crippen LogP contribution in [0.15, 0.2) is 18.2 Å². The van der Waals surface area contributed by atoms with Crippen LogP contribution in [0.1, 0.15) is 19.4 Å². The molecule has 5 nitrogen and oxygen atoms in total. The Bertz CT molecular complexity index is 464. The average Bonchev–Trinajstić information content (AvgIpc) is 2.38. The third-order valence-electron chi connectivity index (χ3n) is 2.56. The van der Waals surface area contributed by atoms with Gasteiger partial charge in [0.1, 0.15) is 5.75 Å². The van der Waals surface area contributed by atoms with Crippen molar-refractivity contribution in [3.8, 4) is 5.75 Å². The van der Waals surface area contributed by atoms with E-state index in [1.807, 2.05) is 0 Å². The molecule has 2 rings (SSSR count). The van der Waals surface area contributed by atoms with Crippen LogP contribution < -0.4 is 4.74 Å². The molecule has 1 aliphatic heterocycles. The van der Waals surface area contributed by atoms with E-state index in [2.05, 4.69) is 0 Å². The summed E-state index contributed by atoms with van der Waals surface area (Å²) in [5.41, 5.74) is -0.0952. The molecule has 0 saturated heterocycles. The molecule has 0 unspecified atom stereocenters. The Labute approximate surface area is 85.8 Å². The number of carbonyl (C=O) groups is 1. The van der Waals surface area contributed by atoms with Crippen molar-refractivity contribution in [1.29, 1.82) is 0 Å². The van der Waals surface area contributed by atoms with Crippen molar-refractivity contribution in [2.24, 2.45) is 0 Å². The van der Waals surface area contributed by atoms with E-state index in [-0.39, 0.29) is 11.7 Å². The van der Waals surface area contributed by atoms with Gasteiger partial charge in [-0.05, 0) is 19.9 Å². The Balaban J connectivity index is 2.56.